The number of rotatable bonds is 3. The predicted molar refractivity (Wildman–Crippen MR) is 145 cm³/mol. The van der Waals surface area contributed by atoms with Crippen molar-refractivity contribution in [2.75, 3.05) is 9.80 Å². The molecule has 0 saturated carbocycles. The van der Waals surface area contributed by atoms with Crippen molar-refractivity contribution in [3.8, 4) is 0 Å². The van der Waals surface area contributed by atoms with Crippen molar-refractivity contribution in [3.05, 3.63) is 97.4 Å². The van der Waals surface area contributed by atoms with Crippen LogP contribution in [0.1, 0.15) is 15.9 Å². The first kappa shape index (κ1) is 23.7. The lowest BCUT2D eigenvalue weighted by Crippen LogP contribution is -2.48. The highest BCUT2D eigenvalue weighted by molar-refractivity contribution is 9.10. The summed E-state index contributed by atoms with van der Waals surface area (Å²) in [5.74, 6) is -2.74. The standard InChI is InChI=1S/C27H16BrCl3N2O3/c28-15-5-1-14(2-6-15)25(34)24-23-22(20-8-4-13-3-7-16(29)12-21(13)33(20)24)26(35)32(27(23)36)19-10-17(30)9-18(31)11-19/h1-12,20,22-24H/t20-,22-,23+,24-/m1/s1. The molecule has 0 aliphatic carbocycles. The number of hydrogen-bond acceptors (Lipinski definition) is 4. The third-order valence-electron chi connectivity index (χ3n) is 6.97. The van der Waals surface area contributed by atoms with Crippen LogP contribution >= 0.6 is 50.7 Å². The van der Waals surface area contributed by atoms with E-state index in [1.54, 1.807) is 36.4 Å². The molecular weight excluding hydrogens is 587 g/mol. The van der Waals surface area contributed by atoms with E-state index in [1.165, 1.54) is 18.2 Å². The molecule has 3 aliphatic rings. The van der Waals surface area contributed by atoms with Gasteiger partial charge in [0.05, 0.1) is 23.6 Å². The van der Waals surface area contributed by atoms with Crippen molar-refractivity contribution in [1.29, 1.82) is 0 Å². The second-order valence-corrected chi connectivity index (χ2v) is 11.2. The van der Waals surface area contributed by atoms with E-state index in [9.17, 15) is 14.4 Å². The lowest BCUT2D eigenvalue weighted by Gasteiger charge is -2.36. The molecule has 3 aliphatic heterocycles. The summed E-state index contributed by atoms with van der Waals surface area (Å²) < 4.78 is 0.829. The Kier molecular flexibility index (Phi) is 5.76. The highest BCUT2D eigenvalue weighted by Crippen LogP contribution is 2.50. The molecule has 3 aromatic rings. The van der Waals surface area contributed by atoms with Crippen molar-refractivity contribution in [2.45, 2.75) is 12.1 Å². The third kappa shape index (κ3) is 3.62. The fraction of sp³-hybridized carbons (Fsp3) is 0.148. The Morgan fingerprint density at radius 3 is 2.17 bits per heavy atom. The highest BCUT2D eigenvalue weighted by atomic mass is 79.9. The molecule has 5 nitrogen and oxygen atoms in total. The Morgan fingerprint density at radius 1 is 0.806 bits per heavy atom. The zero-order valence-corrected chi connectivity index (χ0v) is 22.2. The minimum absolute atomic E-state index is 0.242. The maximum absolute atomic E-state index is 14.0. The summed E-state index contributed by atoms with van der Waals surface area (Å²) in [6, 6.07) is 15.6. The second kappa shape index (κ2) is 8.73. The fourth-order valence-corrected chi connectivity index (χ4v) is 6.48. The maximum atomic E-state index is 14.0. The normalized spacial score (nSPS) is 24.1. The summed E-state index contributed by atoms with van der Waals surface area (Å²) in [6.07, 6.45) is 3.80. The van der Waals surface area contributed by atoms with Gasteiger partial charge in [-0.05, 0) is 48.0 Å². The third-order valence-corrected chi connectivity index (χ3v) is 8.17. The van der Waals surface area contributed by atoms with Gasteiger partial charge >= 0.3 is 0 Å². The maximum Gasteiger partial charge on any atom is 0.240 e. The van der Waals surface area contributed by atoms with Gasteiger partial charge in [-0.3, -0.25) is 14.4 Å². The molecule has 0 bridgehead atoms. The molecule has 9 heteroatoms. The van der Waals surface area contributed by atoms with Gasteiger partial charge in [0.15, 0.2) is 5.78 Å². The monoisotopic (exact) mass is 600 g/mol. The fourth-order valence-electron chi connectivity index (χ4n) is 5.54. The van der Waals surface area contributed by atoms with Crippen LogP contribution in [0.2, 0.25) is 15.1 Å². The van der Waals surface area contributed by atoms with Crippen LogP contribution in [0, 0.1) is 11.8 Å². The molecular formula is C27H16BrCl3N2O3. The van der Waals surface area contributed by atoms with Gasteiger partial charge in [-0.2, -0.15) is 0 Å². The highest BCUT2D eigenvalue weighted by Gasteiger charge is 2.64. The number of benzene rings is 3. The van der Waals surface area contributed by atoms with Crippen molar-refractivity contribution < 1.29 is 14.4 Å². The van der Waals surface area contributed by atoms with Crippen molar-refractivity contribution in [3.63, 3.8) is 0 Å². The molecule has 6 rings (SSSR count). The molecule has 2 amide bonds. The molecule has 36 heavy (non-hydrogen) atoms. The molecule has 0 radical (unpaired) electrons. The van der Waals surface area contributed by atoms with E-state index in [-0.39, 0.29) is 11.7 Å². The topological polar surface area (TPSA) is 57.7 Å². The molecule has 3 heterocycles. The summed E-state index contributed by atoms with van der Waals surface area (Å²) in [7, 11) is 0. The number of amides is 2. The van der Waals surface area contributed by atoms with Gasteiger partial charge in [0.1, 0.15) is 6.04 Å². The van der Waals surface area contributed by atoms with E-state index in [1.807, 2.05) is 23.1 Å². The molecule has 0 unspecified atom stereocenters. The van der Waals surface area contributed by atoms with Crippen LogP contribution in [0.4, 0.5) is 11.4 Å². The molecule has 4 atom stereocenters. The van der Waals surface area contributed by atoms with Crippen LogP contribution in [-0.4, -0.2) is 29.7 Å². The quantitative estimate of drug-likeness (QED) is 0.248. The average molecular weight is 603 g/mol. The number of carbonyl (C=O) groups is 3. The first-order valence-electron chi connectivity index (χ1n) is 11.1. The summed E-state index contributed by atoms with van der Waals surface area (Å²) in [5, 5.41) is 1.11. The van der Waals surface area contributed by atoms with E-state index in [4.69, 9.17) is 34.8 Å². The first-order valence-corrected chi connectivity index (χ1v) is 13.1. The molecule has 0 aromatic heterocycles. The number of carbonyl (C=O) groups excluding carboxylic acids is 3. The predicted octanol–water partition coefficient (Wildman–Crippen LogP) is 6.68. The van der Waals surface area contributed by atoms with Gasteiger partial charge in [0.25, 0.3) is 0 Å². The number of fused-ring (bicyclic) bond motifs is 5. The molecule has 2 fully saturated rings. The smallest absolute Gasteiger partial charge is 0.240 e. The molecule has 0 spiro atoms. The summed E-state index contributed by atoms with van der Waals surface area (Å²) in [4.78, 5) is 44.8. The van der Waals surface area contributed by atoms with Crippen LogP contribution in [-0.2, 0) is 9.59 Å². The second-order valence-electron chi connectivity index (χ2n) is 8.97. The lowest BCUT2D eigenvalue weighted by molar-refractivity contribution is -0.122. The van der Waals surface area contributed by atoms with E-state index in [0.717, 1.165) is 20.6 Å². The largest absolute Gasteiger partial charge is 0.352 e. The van der Waals surface area contributed by atoms with Gasteiger partial charge in [-0.1, -0.05) is 81.1 Å². The molecule has 180 valence electrons. The van der Waals surface area contributed by atoms with Crippen molar-refractivity contribution in [2.24, 2.45) is 11.8 Å². The Balaban J connectivity index is 1.51. The van der Waals surface area contributed by atoms with Crippen LogP contribution in [0.15, 0.2) is 71.2 Å². The summed E-state index contributed by atoms with van der Waals surface area (Å²) in [5.41, 5.74) is 2.33. The van der Waals surface area contributed by atoms with Crippen LogP contribution in [0.25, 0.3) is 6.08 Å². The van der Waals surface area contributed by atoms with E-state index in [0.29, 0.717) is 26.3 Å². The molecule has 0 N–H and O–H groups in total. The molecule has 3 aromatic carbocycles. The SMILES string of the molecule is O=C(c1ccc(Br)cc1)[C@H]1[C@H]2C(=O)N(c3cc(Cl)cc(Cl)c3)C(=O)[C@@H]2[C@H]2C=Cc3ccc(Cl)cc3N21. The first-order chi connectivity index (χ1) is 17.2. The van der Waals surface area contributed by atoms with Crippen molar-refractivity contribution in [1.82, 2.24) is 0 Å². The lowest BCUT2D eigenvalue weighted by atomic mass is 9.86. The van der Waals surface area contributed by atoms with E-state index >= 15 is 0 Å². The average Bonchev–Trinajstić information content (AvgIpc) is 3.31. The van der Waals surface area contributed by atoms with Gasteiger partial charge in [0, 0.05) is 30.8 Å². The summed E-state index contributed by atoms with van der Waals surface area (Å²) >= 11 is 22.1. The van der Waals surface area contributed by atoms with Crippen LogP contribution in [0.5, 0.6) is 0 Å². The number of nitrogens with zero attached hydrogens (tertiary/aromatic N) is 2. The molecule has 2 saturated heterocycles. The van der Waals surface area contributed by atoms with Gasteiger partial charge < -0.3 is 4.90 Å². The van der Waals surface area contributed by atoms with E-state index < -0.39 is 29.8 Å². The van der Waals surface area contributed by atoms with Crippen LogP contribution < -0.4 is 9.80 Å². The Labute approximate surface area is 230 Å². The van der Waals surface area contributed by atoms with Gasteiger partial charge in [0.2, 0.25) is 11.8 Å². The zero-order chi connectivity index (χ0) is 25.3. The number of imide groups is 1. The van der Waals surface area contributed by atoms with E-state index in [2.05, 4.69) is 15.9 Å². The Bertz CT molecular complexity index is 1470. The van der Waals surface area contributed by atoms with Crippen LogP contribution in [0.3, 0.4) is 0 Å². The summed E-state index contributed by atoms with van der Waals surface area (Å²) in [6.45, 7) is 0. The van der Waals surface area contributed by atoms with Crippen molar-refractivity contribution >= 4 is 85.8 Å². The number of hydrogen-bond donors (Lipinski definition) is 0. The number of ketones is 1. The minimum atomic E-state index is -0.903. The van der Waals surface area contributed by atoms with Gasteiger partial charge in [-0.25, -0.2) is 4.90 Å². The number of Topliss-reactive ketones (excluding diaryl/α,β-unsaturated/α-hetero) is 1. The van der Waals surface area contributed by atoms with Gasteiger partial charge in [-0.15, -0.1) is 0 Å². The zero-order valence-electron chi connectivity index (χ0n) is 18.4. The number of halogens is 4. The number of anilines is 2. The minimum Gasteiger partial charge on any atom is -0.352 e. The Hall–Kier alpha value is -2.64. The Morgan fingerprint density at radius 2 is 1.47 bits per heavy atom.